The molecule has 0 aliphatic heterocycles. The largest absolute Gasteiger partial charge is 0.493 e. The number of rotatable bonds is 8. The number of hydrogen-bond acceptors (Lipinski definition) is 4. The van der Waals surface area contributed by atoms with Gasteiger partial charge in [-0.25, -0.2) is 9.18 Å². The summed E-state index contributed by atoms with van der Waals surface area (Å²) in [7, 11) is 3.14. The zero-order valence-corrected chi connectivity index (χ0v) is 21.4. The molecule has 1 amide bonds. The number of methoxy groups -OCH3 is 2. The highest BCUT2D eigenvalue weighted by Gasteiger charge is 2.21. The Balaban J connectivity index is 1.87. The molecule has 0 spiro atoms. The summed E-state index contributed by atoms with van der Waals surface area (Å²) in [6.45, 7) is 5.11. The molecule has 3 aromatic carbocycles. The Bertz CT molecular complexity index is 1380. The number of nitrogens with zero attached hydrogens (tertiary/aromatic N) is 2. The molecular weight excluding hydrogens is 483 g/mol. The molecule has 4 aromatic rings. The number of benzene rings is 3. The maximum absolute atomic E-state index is 14.5. The van der Waals surface area contributed by atoms with Gasteiger partial charge in [-0.2, -0.15) is 0 Å². The molecule has 0 fully saturated rings. The maximum atomic E-state index is 14.5. The lowest BCUT2D eigenvalue weighted by Gasteiger charge is -2.20. The topological polar surface area (TPSA) is 52.9 Å². The third-order valence-electron chi connectivity index (χ3n) is 6.20. The first-order chi connectivity index (χ1) is 17.4. The van der Waals surface area contributed by atoms with Crippen molar-refractivity contribution in [1.82, 2.24) is 9.47 Å². The van der Waals surface area contributed by atoms with Crippen LogP contribution in [-0.4, -0.2) is 42.9 Å². The Morgan fingerprint density at radius 3 is 2.36 bits per heavy atom. The third kappa shape index (κ3) is 4.84. The average molecular weight is 511 g/mol. The van der Waals surface area contributed by atoms with E-state index in [0.29, 0.717) is 46.5 Å². The number of ether oxygens (including phenoxy) is 3. The Morgan fingerprint density at radius 1 is 0.972 bits per heavy atom. The molecule has 6 nitrogen and oxygen atoms in total. The molecular formula is C28H28ClFN2O4. The van der Waals surface area contributed by atoms with Crippen LogP contribution >= 0.6 is 11.6 Å². The summed E-state index contributed by atoms with van der Waals surface area (Å²) in [5, 5.41) is 1.20. The van der Waals surface area contributed by atoms with Crippen LogP contribution in [0.15, 0.2) is 60.8 Å². The molecule has 8 heteroatoms. The smallest absolute Gasteiger partial charge is 0.415 e. The number of amides is 1. The van der Waals surface area contributed by atoms with Crippen LogP contribution in [0.1, 0.15) is 19.4 Å². The van der Waals surface area contributed by atoms with Gasteiger partial charge in [0, 0.05) is 46.3 Å². The highest BCUT2D eigenvalue weighted by molar-refractivity contribution is 6.31. The van der Waals surface area contributed by atoms with Crippen LogP contribution in [-0.2, 0) is 6.54 Å². The first kappa shape index (κ1) is 25.4. The first-order valence-electron chi connectivity index (χ1n) is 11.7. The minimum atomic E-state index is -0.432. The maximum Gasteiger partial charge on any atom is 0.415 e. The molecule has 36 heavy (non-hydrogen) atoms. The molecule has 4 rings (SSSR count). The summed E-state index contributed by atoms with van der Waals surface area (Å²) < 4.78 is 33.2. The van der Waals surface area contributed by atoms with Crippen LogP contribution in [0, 0.1) is 5.82 Å². The normalized spacial score (nSPS) is 10.9. The second kappa shape index (κ2) is 10.9. The first-order valence-corrected chi connectivity index (χ1v) is 12.0. The molecule has 0 aliphatic carbocycles. The van der Waals surface area contributed by atoms with Crippen LogP contribution in [0.3, 0.4) is 0 Å². The summed E-state index contributed by atoms with van der Waals surface area (Å²) in [4.78, 5) is 14.4. The minimum Gasteiger partial charge on any atom is -0.493 e. The Morgan fingerprint density at radius 2 is 1.69 bits per heavy atom. The fourth-order valence-corrected chi connectivity index (χ4v) is 4.48. The number of carbonyl (C=O) groups is 1. The van der Waals surface area contributed by atoms with E-state index in [-0.39, 0.29) is 12.4 Å². The molecule has 1 aromatic heterocycles. The van der Waals surface area contributed by atoms with Gasteiger partial charge >= 0.3 is 6.09 Å². The van der Waals surface area contributed by atoms with Gasteiger partial charge in [-0.1, -0.05) is 23.7 Å². The number of carbonyl (C=O) groups excluding carboxylic acids is 1. The molecule has 0 saturated heterocycles. The fraction of sp³-hybridized carbons (Fsp3) is 0.250. The molecule has 0 bridgehead atoms. The molecule has 1 heterocycles. The predicted octanol–water partition coefficient (Wildman–Crippen LogP) is 7.01. The van der Waals surface area contributed by atoms with Crippen LogP contribution in [0.4, 0.5) is 9.18 Å². The van der Waals surface area contributed by atoms with Crippen molar-refractivity contribution in [3.63, 3.8) is 0 Å². The Labute approximate surface area is 214 Å². The molecule has 0 atom stereocenters. The van der Waals surface area contributed by atoms with Crippen molar-refractivity contribution in [3.8, 4) is 28.4 Å². The van der Waals surface area contributed by atoms with Crippen LogP contribution in [0.5, 0.6) is 17.2 Å². The lowest BCUT2D eigenvalue weighted by Crippen LogP contribution is -2.33. The number of aromatic nitrogens is 1. The van der Waals surface area contributed by atoms with Gasteiger partial charge in [0.05, 0.1) is 20.8 Å². The lowest BCUT2D eigenvalue weighted by atomic mass is 10.00. The second-order valence-corrected chi connectivity index (χ2v) is 8.53. The third-order valence-corrected chi connectivity index (χ3v) is 6.55. The fourth-order valence-electron chi connectivity index (χ4n) is 4.26. The number of halogens is 2. The van der Waals surface area contributed by atoms with E-state index in [1.165, 1.54) is 6.07 Å². The van der Waals surface area contributed by atoms with E-state index < -0.39 is 6.09 Å². The molecule has 0 aliphatic rings. The van der Waals surface area contributed by atoms with Gasteiger partial charge in [0.15, 0.2) is 11.5 Å². The number of fused-ring (bicyclic) bond motifs is 1. The highest BCUT2D eigenvalue weighted by atomic mass is 35.5. The van der Waals surface area contributed by atoms with E-state index in [1.54, 1.807) is 43.4 Å². The standard InChI is InChI=1S/C28H28ClFN2O4/c1-5-31(6-2)28(33)36-25-13-11-23-19(27(25)18-10-12-24(34-3)26(16-18)35-4)14-15-32(23)17-20-21(29)8-7-9-22(20)30/h7-16H,5-6,17H2,1-4H3. The summed E-state index contributed by atoms with van der Waals surface area (Å²) in [6.07, 6.45) is 1.44. The number of hydrogen-bond donors (Lipinski definition) is 0. The van der Waals surface area contributed by atoms with Gasteiger partial charge < -0.3 is 23.7 Å². The predicted molar refractivity (Wildman–Crippen MR) is 140 cm³/mol. The van der Waals surface area contributed by atoms with Crippen molar-refractivity contribution in [2.24, 2.45) is 0 Å². The van der Waals surface area contributed by atoms with Crippen molar-refractivity contribution in [2.45, 2.75) is 20.4 Å². The van der Waals surface area contributed by atoms with Crippen LogP contribution in [0.25, 0.3) is 22.0 Å². The van der Waals surface area contributed by atoms with Crippen molar-refractivity contribution in [2.75, 3.05) is 27.3 Å². The summed E-state index contributed by atoms with van der Waals surface area (Å²) >= 11 is 6.29. The molecule has 0 N–H and O–H groups in total. The van der Waals surface area contributed by atoms with Gasteiger partial charge in [-0.15, -0.1) is 0 Å². The van der Waals surface area contributed by atoms with E-state index >= 15 is 0 Å². The summed E-state index contributed by atoms with van der Waals surface area (Å²) in [5.41, 5.74) is 2.73. The van der Waals surface area contributed by atoms with Crippen LogP contribution in [0.2, 0.25) is 5.02 Å². The van der Waals surface area contributed by atoms with E-state index in [2.05, 4.69) is 0 Å². The van der Waals surface area contributed by atoms with Gasteiger partial charge in [0.2, 0.25) is 0 Å². The Kier molecular flexibility index (Phi) is 7.70. The van der Waals surface area contributed by atoms with Gasteiger partial charge in [0.1, 0.15) is 11.6 Å². The van der Waals surface area contributed by atoms with Gasteiger partial charge in [0.25, 0.3) is 0 Å². The average Bonchev–Trinajstić information content (AvgIpc) is 3.29. The van der Waals surface area contributed by atoms with Crippen molar-refractivity contribution < 1.29 is 23.4 Å². The minimum absolute atomic E-state index is 0.249. The summed E-state index contributed by atoms with van der Waals surface area (Å²) in [6, 6.07) is 15.7. The van der Waals surface area contributed by atoms with Crippen molar-refractivity contribution in [3.05, 3.63) is 77.2 Å². The van der Waals surface area contributed by atoms with E-state index in [1.807, 2.05) is 48.9 Å². The van der Waals surface area contributed by atoms with Crippen molar-refractivity contribution in [1.29, 1.82) is 0 Å². The van der Waals surface area contributed by atoms with Gasteiger partial charge in [-0.3, -0.25) is 0 Å². The Hall–Kier alpha value is -3.71. The van der Waals surface area contributed by atoms with Gasteiger partial charge in [-0.05, 0) is 61.9 Å². The molecule has 0 unspecified atom stereocenters. The van der Waals surface area contributed by atoms with Crippen molar-refractivity contribution >= 4 is 28.6 Å². The SMILES string of the molecule is CCN(CC)C(=O)Oc1ccc2c(ccn2Cc2c(F)cccc2Cl)c1-c1ccc(OC)c(OC)c1. The van der Waals surface area contributed by atoms with E-state index in [9.17, 15) is 9.18 Å². The lowest BCUT2D eigenvalue weighted by molar-refractivity contribution is 0.157. The van der Waals surface area contributed by atoms with Crippen LogP contribution < -0.4 is 14.2 Å². The molecule has 188 valence electrons. The zero-order chi connectivity index (χ0) is 25.8. The second-order valence-electron chi connectivity index (χ2n) is 8.13. The quantitative estimate of drug-likeness (QED) is 0.256. The molecule has 0 saturated carbocycles. The highest BCUT2D eigenvalue weighted by Crippen LogP contribution is 2.41. The van der Waals surface area contributed by atoms with E-state index in [4.69, 9.17) is 25.8 Å². The van der Waals surface area contributed by atoms with E-state index in [0.717, 1.165) is 16.5 Å². The zero-order valence-electron chi connectivity index (χ0n) is 20.7. The molecule has 0 radical (unpaired) electrons. The monoisotopic (exact) mass is 510 g/mol. The summed E-state index contributed by atoms with van der Waals surface area (Å²) in [5.74, 6) is 1.18.